The summed E-state index contributed by atoms with van der Waals surface area (Å²) in [5.74, 6) is -0.574. The highest BCUT2D eigenvalue weighted by atomic mass is 16.5. The van der Waals surface area contributed by atoms with Gasteiger partial charge in [-0.05, 0) is 25.5 Å². The first kappa shape index (κ1) is 15.2. The molecule has 1 aromatic rings. The maximum atomic E-state index is 12.6. The standard InChI is InChI=1S/C15H19NO5/c1-9-11(15(18)19)6-7-16(9)14(17)12-5-4-10(20-2)8-13(12)21-3/h4-5,8-9,11H,6-7H2,1-3H3,(H,18,19). The Hall–Kier alpha value is -2.24. The number of methoxy groups -OCH3 is 2. The monoisotopic (exact) mass is 293 g/mol. The van der Waals surface area contributed by atoms with Crippen molar-refractivity contribution in [1.29, 1.82) is 0 Å². The molecule has 6 nitrogen and oxygen atoms in total. The van der Waals surface area contributed by atoms with E-state index in [1.54, 1.807) is 30.0 Å². The van der Waals surface area contributed by atoms with Crippen LogP contribution >= 0.6 is 0 Å². The molecule has 1 amide bonds. The summed E-state index contributed by atoms with van der Waals surface area (Å²) >= 11 is 0. The number of ether oxygens (including phenoxy) is 2. The molecular formula is C15H19NO5. The molecule has 0 bridgehead atoms. The number of aliphatic carboxylic acids is 1. The second kappa shape index (κ2) is 6.03. The first-order chi connectivity index (χ1) is 9.99. The molecule has 2 rings (SSSR count). The highest BCUT2D eigenvalue weighted by Crippen LogP contribution is 2.30. The van der Waals surface area contributed by atoms with Crippen molar-refractivity contribution in [2.24, 2.45) is 5.92 Å². The summed E-state index contributed by atoms with van der Waals surface area (Å²) in [6.07, 6.45) is 0.473. The fourth-order valence-electron chi connectivity index (χ4n) is 2.69. The Morgan fingerprint density at radius 1 is 1.29 bits per heavy atom. The normalized spacial score (nSPS) is 21.2. The molecule has 2 unspecified atom stereocenters. The highest BCUT2D eigenvalue weighted by Gasteiger charge is 2.39. The number of carbonyl (C=O) groups is 2. The van der Waals surface area contributed by atoms with Crippen molar-refractivity contribution in [2.75, 3.05) is 20.8 Å². The molecule has 0 aromatic heterocycles. The van der Waals surface area contributed by atoms with Gasteiger partial charge in [0, 0.05) is 18.7 Å². The first-order valence-corrected chi connectivity index (χ1v) is 6.75. The van der Waals surface area contributed by atoms with Crippen molar-refractivity contribution < 1.29 is 24.2 Å². The van der Waals surface area contributed by atoms with Crippen molar-refractivity contribution in [1.82, 2.24) is 4.90 Å². The quantitative estimate of drug-likeness (QED) is 0.913. The fraction of sp³-hybridized carbons (Fsp3) is 0.467. The summed E-state index contributed by atoms with van der Waals surface area (Å²) < 4.78 is 10.3. The second-order valence-electron chi connectivity index (χ2n) is 5.04. The molecule has 1 N–H and O–H groups in total. The van der Waals surface area contributed by atoms with Gasteiger partial charge in [-0.1, -0.05) is 0 Å². The molecule has 1 fully saturated rings. The number of nitrogens with zero attached hydrogens (tertiary/aromatic N) is 1. The zero-order chi connectivity index (χ0) is 15.6. The molecule has 2 atom stereocenters. The Balaban J connectivity index is 2.27. The minimum atomic E-state index is -0.862. The number of carbonyl (C=O) groups excluding carboxylic acids is 1. The minimum Gasteiger partial charge on any atom is -0.497 e. The SMILES string of the molecule is COc1ccc(C(=O)N2CCC(C(=O)O)C2C)c(OC)c1. The van der Waals surface area contributed by atoms with Gasteiger partial charge in [-0.25, -0.2) is 0 Å². The third-order valence-corrected chi connectivity index (χ3v) is 3.97. The second-order valence-corrected chi connectivity index (χ2v) is 5.04. The van der Waals surface area contributed by atoms with Gasteiger partial charge in [0.05, 0.1) is 25.7 Å². The minimum absolute atomic E-state index is 0.217. The molecule has 1 aliphatic heterocycles. The summed E-state index contributed by atoms with van der Waals surface area (Å²) in [4.78, 5) is 25.3. The maximum absolute atomic E-state index is 12.6. The van der Waals surface area contributed by atoms with Crippen LogP contribution in [0.25, 0.3) is 0 Å². The summed E-state index contributed by atoms with van der Waals surface area (Å²) in [6, 6.07) is 4.64. The van der Waals surface area contributed by atoms with Gasteiger partial charge in [0.1, 0.15) is 11.5 Å². The average molecular weight is 293 g/mol. The molecule has 0 aliphatic carbocycles. The van der Waals surface area contributed by atoms with Gasteiger partial charge < -0.3 is 19.5 Å². The average Bonchev–Trinajstić information content (AvgIpc) is 2.87. The molecule has 0 spiro atoms. The molecule has 1 aliphatic rings. The first-order valence-electron chi connectivity index (χ1n) is 6.75. The van der Waals surface area contributed by atoms with E-state index in [2.05, 4.69) is 0 Å². The molecular weight excluding hydrogens is 274 g/mol. The Labute approximate surface area is 123 Å². The molecule has 0 saturated carbocycles. The van der Waals surface area contributed by atoms with Crippen LogP contribution in [0.2, 0.25) is 0 Å². The largest absolute Gasteiger partial charge is 0.497 e. The number of carboxylic acid groups (broad SMARTS) is 1. The van der Waals surface area contributed by atoms with Gasteiger partial charge in [0.2, 0.25) is 0 Å². The molecule has 0 radical (unpaired) electrons. The van der Waals surface area contributed by atoms with Gasteiger partial charge >= 0.3 is 5.97 Å². The molecule has 1 heterocycles. The number of hydrogen-bond donors (Lipinski definition) is 1. The smallest absolute Gasteiger partial charge is 0.308 e. The van der Waals surface area contributed by atoms with Gasteiger partial charge in [-0.15, -0.1) is 0 Å². The van der Waals surface area contributed by atoms with Crippen LogP contribution in [0.15, 0.2) is 18.2 Å². The molecule has 6 heteroatoms. The third kappa shape index (κ3) is 2.79. The fourth-order valence-corrected chi connectivity index (χ4v) is 2.69. The van der Waals surface area contributed by atoms with Crippen LogP contribution in [-0.4, -0.2) is 48.7 Å². The lowest BCUT2D eigenvalue weighted by Gasteiger charge is -2.24. The van der Waals surface area contributed by atoms with E-state index >= 15 is 0 Å². The van der Waals surface area contributed by atoms with E-state index in [0.717, 1.165) is 0 Å². The van der Waals surface area contributed by atoms with Gasteiger partial charge in [0.25, 0.3) is 5.91 Å². The lowest BCUT2D eigenvalue weighted by atomic mass is 10.0. The van der Waals surface area contributed by atoms with Crippen molar-refractivity contribution in [3.05, 3.63) is 23.8 Å². The maximum Gasteiger partial charge on any atom is 0.308 e. The zero-order valence-corrected chi connectivity index (χ0v) is 12.3. The van der Waals surface area contributed by atoms with Crippen LogP contribution in [0.1, 0.15) is 23.7 Å². The van der Waals surface area contributed by atoms with E-state index in [1.807, 2.05) is 0 Å². The Morgan fingerprint density at radius 2 is 2.00 bits per heavy atom. The number of rotatable bonds is 4. The van der Waals surface area contributed by atoms with Crippen molar-refractivity contribution in [2.45, 2.75) is 19.4 Å². The Bertz CT molecular complexity index is 557. The predicted octanol–water partition coefficient (Wildman–Crippen LogP) is 1.64. The number of benzene rings is 1. The van der Waals surface area contributed by atoms with Crippen molar-refractivity contribution in [3.8, 4) is 11.5 Å². The van der Waals surface area contributed by atoms with Crippen molar-refractivity contribution >= 4 is 11.9 Å². The number of likely N-dealkylation sites (tertiary alicyclic amines) is 1. The molecule has 21 heavy (non-hydrogen) atoms. The lowest BCUT2D eigenvalue weighted by molar-refractivity contribution is -0.142. The Morgan fingerprint density at radius 3 is 2.52 bits per heavy atom. The van der Waals surface area contributed by atoms with E-state index in [9.17, 15) is 9.59 Å². The highest BCUT2D eigenvalue weighted by molar-refractivity contribution is 5.98. The van der Waals surface area contributed by atoms with Gasteiger partial charge in [0.15, 0.2) is 0 Å². The van der Waals surface area contributed by atoms with E-state index in [-0.39, 0.29) is 11.9 Å². The van der Waals surface area contributed by atoms with Crippen LogP contribution in [0, 0.1) is 5.92 Å². The van der Waals surface area contributed by atoms with Gasteiger partial charge in [-0.2, -0.15) is 0 Å². The third-order valence-electron chi connectivity index (χ3n) is 3.97. The van der Waals surface area contributed by atoms with E-state index < -0.39 is 11.9 Å². The van der Waals surface area contributed by atoms with Crippen LogP contribution in [-0.2, 0) is 4.79 Å². The van der Waals surface area contributed by atoms with E-state index in [1.165, 1.54) is 14.2 Å². The Kier molecular flexibility index (Phi) is 4.35. The summed E-state index contributed by atoms with van der Waals surface area (Å²) in [5, 5.41) is 9.14. The summed E-state index contributed by atoms with van der Waals surface area (Å²) in [7, 11) is 3.02. The van der Waals surface area contributed by atoms with Gasteiger partial charge in [-0.3, -0.25) is 9.59 Å². The molecule has 114 valence electrons. The summed E-state index contributed by atoms with van der Waals surface area (Å²) in [6.45, 7) is 2.20. The number of amides is 1. The zero-order valence-electron chi connectivity index (χ0n) is 12.3. The van der Waals surface area contributed by atoms with Crippen LogP contribution in [0.3, 0.4) is 0 Å². The van der Waals surface area contributed by atoms with Crippen molar-refractivity contribution in [3.63, 3.8) is 0 Å². The van der Waals surface area contributed by atoms with E-state index in [4.69, 9.17) is 14.6 Å². The van der Waals surface area contributed by atoms with E-state index in [0.29, 0.717) is 30.0 Å². The lowest BCUT2D eigenvalue weighted by Crippen LogP contribution is -2.37. The molecule has 1 saturated heterocycles. The number of hydrogen-bond acceptors (Lipinski definition) is 4. The molecule has 1 aromatic carbocycles. The van der Waals surface area contributed by atoms with Crippen LogP contribution in [0.5, 0.6) is 11.5 Å². The topological polar surface area (TPSA) is 76.1 Å². The number of carboxylic acids is 1. The van der Waals surface area contributed by atoms with Crippen LogP contribution in [0.4, 0.5) is 0 Å². The predicted molar refractivity (Wildman–Crippen MR) is 75.8 cm³/mol. The summed E-state index contributed by atoms with van der Waals surface area (Å²) in [5.41, 5.74) is 0.413. The van der Waals surface area contributed by atoms with Crippen LogP contribution < -0.4 is 9.47 Å².